The number of hydrogen-bond donors (Lipinski definition) is 0. The van der Waals surface area contributed by atoms with E-state index in [1.165, 1.54) is 6.26 Å². The van der Waals surface area contributed by atoms with Crippen LogP contribution in [0.1, 0.15) is 29.7 Å². The van der Waals surface area contributed by atoms with Crippen molar-refractivity contribution < 1.29 is 17.6 Å². The second-order valence-electron chi connectivity index (χ2n) is 6.63. The molecule has 2 aromatic rings. The van der Waals surface area contributed by atoms with E-state index in [-0.39, 0.29) is 11.7 Å². The summed E-state index contributed by atoms with van der Waals surface area (Å²) < 4.78 is 30.1. The third-order valence-electron chi connectivity index (χ3n) is 4.66. The lowest BCUT2D eigenvalue weighted by Gasteiger charge is -2.31. The zero-order valence-electron chi connectivity index (χ0n) is 14.3. The minimum Gasteiger partial charge on any atom is -0.468 e. The molecule has 25 heavy (non-hydrogen) atoms. The molecule has 1 saturated heterocycles. The number of nitrogens with zero attached hydrogens (tertiary/aromatic N) is 1. The fraction of sp³-hybridized carbons (Fsp3) is 0.421. The van der Waals surface area contributed by atoms with E-state index >= 15 is 0 Å². The number of carbonyl (C=O) groups excluding carboxylic acids is 1. The molecule has 3 rings (SSSR count). The minimum atomic E-state index is -3.25. The van der Waals surface area contributed by atoms with Gasteiger partial charge in [0.2, 0.25) is 5.91 Å². The summed E-state index contributed by atoms with van der Waals surface area (Å²) in [5.41, 5.74) is 2.13. The Hall–Kier alpha value is -2.08. The number of likely N-dealkylation sites (tertiary alicyclic amines) is 1. The summed E-state index contributed by atoms with van der Waals surface area (Å²) in [7, 11) is -3.25. The second kappa shape index (κ2) is 7.44. The predicted octanol–water partition coefficient (Wildman–Crippen LogP) is 2.74. The molecule has 1 fully saturated rings. The van der Waals surface area contributed by atoms with Gasteiger partial charge in [0.1, 0.15) is 11.5 Å². The number of piperidine rings is 1. The molecule has 0 atom stereocenters. The normalized spacial score (nSPS) is 16.1. The molecule has 2 heterocycles. The highest BCUT2D eigenvalue weighted by molar-refractivity contribution is 7.91. The Morgan fingerprint density at radius 1 is 1.20 bits per heavy atom. The van der Waals surface area contributed by atoms with Crippen molar-refractivity contribution in [1.29, 1.82) is 0 Å². The van der Waals surface area contributed by atoms with E-state index in [0.29, 0.717) is 38.1 Å². The van der Waals surface area contributed by atoms with Gasteiger partial charge in [-0.15, -0.1) is 0 Å². The average molecular weight is 361 g/mol. The fourth-order valence-electron chi connectivity index (χ4n) is 3.28. The molecule has 6 heteroatoms. The quantitative estimate of drug-likeness (QED) is 0.821. The summed E-state index contributed by atoms with van der Waals surface area (Å²) in [6.07, 6.45) is 2.83. The zero-order chi connectivity index (χ0) is 17.9. The van der Waals surface area contributed by atoms with Crippen molar-refractivity contribution in [2.45, 2.75) is 37.2 Å². The third-order valence-corrected chi connectivity index (χ3v) is 6.84. The molecule has 0 aliphatic carbocycles. The fourth-order valence-corrected chi connectivity index (χ4v) is 5.01. The molecule has 0 radical (unpaired) electrons. The molecule has 1 amide bonds. The van der Waals surface area contributed by atoms with Crippen molar-refractivity contribution in [2.24, 2.45) is 0 Å². The molecule has 1 aliphatic heterocycles. The first kappa shape index (κ1) is 17.7. The first-order valence-corrected chi connectivity index (χ1v) is 10.2. The summed E-state index contributed by atoms with van der Waals surface area (Å²) in [5, 5.41) is -0.402. The topological polar surface area (TPSA) is 67.6 Å². The smallest absolute Gasteiger partial charge is 0.226 e. The van der Waals surface area contributed by atoms with E-state index in [0.717, 1.165) is 11.1 Å². The van der Waals surface area contributed by atoms with Crippen molar-refractivity contribution >= 4 is 15.7 Å². The van der Waals surface area contributed by atoms with Crippen molar-refractivity contribution in [1.82, 2.24) is 4.90 Å². The van der Waals surface area contributed by atoms with Crippen LogP contribution in [0.15, 0.2) is 47.1 Å². The van der Waals surface area contributed by atoms with Crippen molar-refractivity contribution in [3.8, 4) is 0 Å². The lowest BCUT2D eigenvalue weighted by molar-refractivity contribution is -0.131. The Kier molecular flexibility index (Phi) is 5.27. The lowest BCUT2D eigenvalue weighted by atomic mass is 10.1. The average Bonchev–Trinajstić information content (AvgIpc) is 3.07. The van der Waals surface area contributed by atoms with Crippen LogP contribution in [0.5, 0.6) is 0 Å². The second-order valence-corrected chi connectivity index (χ2v) is 8.91. The maximum Gasteiger partial charge on any atom is 0.226 e. The highest BCUT2D eigenvalue weighted by atomic mass is 32.2. The Morgan fingerprint density at radius 2 is 1.96 bits per heavy atom. The molecule has 0 unspecified atom stereocenters. The molecule has 0 spiro atoms. The molecule has 0 saturated carbocycles. The monoisotopic (exact) mass is 361 g/mol. The number of hydrogen-bond acceptors (Lipinski definition) is 4. The summed E-state index contributed by atoms with van der Waals surface area (Å²) >= 11 is 0. The number of amides is 1. The molecule has 1 aromatic heterocycles. The summed E-state index contributed by atoms with van der Waals surface area (Å²) in [6, 6.07) is 11.3. The third kappa shape index (κ3) is 4.51. The Labute approximate surface area is 148 Å². The standard InChI is InChI=1S/C19H23NO4S/c1-15-4-2-5-16(12-15)13-19(21)20-9-7-18(8-10-20)25(22,23)14-17-6-3-11-24-17/h2-6,11-12,18H,7-10,13-14H2,1H3. The number of rotatable bonds is 5. The van der Waals surface area contributed by atoms with Gasteiger partial charge < -0.3 is 9.32 Å². The van der Waals surface area contributed by atoms with E-state index in [1.807, 2.05) is 31.2 Å². The molecule has 0 N–H and O–H groups in total. The lowest BCUT2D eigenvalue weighted by Crippen LogP contribution is -2.43. The number of sulfone groups is 1. The van der Waals surface area contributed by atoms with Crippen LogP contribution in [0.25, 0.3) is 0 Å². The first-order valence-electron chi connectivity index (χ1n) is 8.51. The maximum atomic E-state index is 12.5. The van der Waals surface area contributed by atoms with Crippen LogP contribution in [-0.2, 0) is 26.8 Å². The predicted molar refractivity (Wildman–Crippen MR) is 95.8 cm³/mol. The number of benzene rings is 1. The van der Waals surface area contributed by atoms with Crippen LogP contribution < -0.4 is 0 Å². The van der Waals surface area contributed by atoms with Gasteiger partial charge >= 0.3 is 0 Å². The van der Waals surface area contributed by atoms with Crippen molar-refractivity contribution in [3.63, 3.8) is 0 Å². The number of furan rings is 1. The van der Waals surface area contributed by atoms with E-state index < -0.39 is 15.1 Å². The van der Waals surface area contributed by atoms with Gasteiger partial charge in [0.25, 0.3) is 0 Å². The molecular formula is C19H23NO4S. The zero-order valence-corrected chi connectivity index (χ0v) is 15.2. The molecule has 1 aliphatic rings. The van der Waals surface area contributed by atoms with E-state index in [4.69, 9.17) is 4.42 Å². The van der Waals surface area contributed by atoms with Gasteiger partial charge in [0.15, 0.2) is 9.84 Å². The van der Waals surface area contributed by atoms with E-state index in [2.05, 4.69) is 0 Å². The van der Waals surface area contributed by atoms with Crippen LogP contribution in [0.4, 0.5) is 0 Å². The molecule has 1 aromatic carbocycles. The number of aryl methyl sites for hydroxylation is 1. The van der Waals surface area contributed by atoms with Crippen molar-refractivity contribution in [3.05, 3.63) is 59.5 Å². The van der Waals surface area contributed by atoms with Crippen molar-refractivity contribution in [2.75, 3.05) is 13.1 Å². The molecule has 0 bridgehead atoms. The van der Waals surface area contributed by atoms with Gasteiger partial charge in [0, 0.05) is 13.1 Å². The largest absolute Gasteiger partial charge is 0.468 e. The number of carbonyl (C=O) groups is 1. The Morgan fingerprint density at radius 3 is 2.60 bits per heavy atom. The molecule has 5 nitrogen and oxygen atoms in total. The Balaban J connectivity index is 1.55. The molecular weight excluding hydrogens is 338 g/mol. The highest BCUT2D eigenvalue weighted by Crippen LogP contribution is 2.22. The van der Waals surface area contributed by atoms with E-state index in [9.17, 15) is 13.2 Å². The van der Waals surface area contributed by atoms with Gasteiger partial charge in [-0.1, -0.05) is 29.8 Å². The summed E-state index contributed by atoms with van der Waals surface area (Å²) in [5.74, 6) is 0.465. The Bertz CT molecular complexity index is 819. The van der Waals surface area contributed by atoms with Crippen LogP contribution in [0, 0.1) is 6.92 Å². The first-order chi connectivity index (χ1) is 11.9. The van der Waals surface area contributed by atoms with Gasteiger partial charge in [-0.25, -0.2) is 8.42 Å². The molecule has 134 valence electrons. The van der Waals surface area contributed by atoms with Crippen LogP contribution >= 0.6 is 0 Å². The maximum absolute atomic E-state index is 12.5. The highest BCUT2D eigenvalue weighted by Gasteiger charge is 2.32. The minimum absolute atomic E-state index is 0.0625. The SMILES string of the molecule is Cc1cccc(CC(=O)N2CCC(S(=O)(=O)Cc3ccco3)CC2)c1. The summed E-state index contributed by atoms with van der Waals surface area (Å²) in [6.45, 7) is 2.99. The van der Waals surface area contributed by atoms with Gasteiger partial charge in [-0.3, -0.25) is 4.79 Å². The van der Waals surface area contributed by atoms with Crippen LogP contribution in [0.3, 0.4) is 0 Å². The van der Waals surface area contributed by atoms with Gasteiger partial charge in [0.05, 0.1) is 17.9 Å². The van der Waals surface area contributed by atoms with Crippen LogP contribution in [-0.4, -0.2) is 37.6 Å². The van der Waals surface area contributed by atoms with E-state index in [1.54, 1.807) is 17.0 Å². The van der Waals surface area contributed by atoms with Gasteiger partial charge in [-0.05, 0) is 37.5 Å². The van der Waals surface area contributed by atoms with Gasteiger partial charge in [-0.2, -0.15) is 0 Å². The summed E-state index contributed by atoms with van der Waals surface area (Å²) in [4.78, 5) is 14.2. The van der Waals surface area contributed by atoms with Crippen LogP contribution in [0.2, 0.25) is 0 Å².